The van der Waals surface area contributed by atoms with Crippen molar-refractivity contribution in [3.8, 4) is 0 Å². The predicted octanol–water partition coefficient (Wildman–Crippen LogP) is 1.45. The van der Waals surface area contributed by atoms with E-state index in [0.29, 0.717) is 39.0 Å². The Morgan fingerprint density at radius 3 is 1.00 bits per heavy atom. The van der Waals surface area contributed by atoms with Crippen molar-refractivity contribution in [1.82, 2.24) is 9.80 Å². The summed E-state index contributed by atoms with van der Waals surface area (Å²) >= 11 is 0. The normalized spacial score (nSPS) is 12.0. The van der Waals surface area contributed by atoms with Gasteiger partial charge in [0, 0.05) is 24.6 Å². The third-order valence-corrected chi connectivity index (χ3v) is 9.81. The zero-order valence-corrected chi connectivity index (χ0v) is 35.5. The Morgan fingerprint density at radius 2 is 0.717 bits per heavy atom. The number of benzene rings is 1. The molecule has 1 aromatic rings. The van der Waals surface area contributed by atoms with Crippen LogP contribution in [0.2, 0.25) is 0 Å². The molecule has 0 fully saturated rings. The van der Waals surface area contributed by atoms with Crippen molar-refractivity contribution in [1.29, 1.82) is 0 Å². The molecule has 0 saturated heterocycles. The molecule has 0 heterocycles. The SMILES string of the molecule is CCCCCCCCCCN(CCCS(=O)(=O)[O-])Cc1ccc(CN(CCCCCCCCCC)CCCS(=O)(=O)[O-])cc1.[Na+].[Na+]. The maximum atomic E-state index is 11.1. The molecule has 12 heteroatoms. The van der Waals surface area contributed by atoms with Crippen LogP contribution < -0.4 is 59.1 Å². The summed E-state index contributed by atoms with van der Waals surface area (Å²) in [5, 5.41) is 0. The van der Waals surface area contributed by atoms with Gasteiger partial charge in [0.25, 0.3) is 0 Å². The molecule has 8 nitrogen and oxygen atoms in total. The van der Waals surface area contributed by atoms with Crippen molar-refractivity contribution < 1.29 is 85.1 Å². The first-order valence-electron chi connectivity index (χ1n) is 17.4. The maximum Gasteiger partial charge on any atom is 1.00 e. The molecule has 0 aliphatic heterocycles. The Balaban J connectivity index is 0. The minimum atomic E-state index is -4.21. The zero-order chi connectivity index (χ0) is 32.5. The van der Waals surface area contributed by atoms with E-state index in [2.05, 4.69) is 47.9 Å². The summed E-state index contributed by atoms with van der Waals surface area (Å²) in [6.45, 7) is 8.78. The van der Waals surface area contributed by atoms with Crippen LogP contribution >= 0.6 is 0 Å². The number of unbranched alkanes of at least 4 members (excludes halogenated alkanes) is 14. The van der Waals surface area contributed by atoms with Gasteiger partial charge in [0.2, 0.25) is 0 Å². The average molecular weight is 705 g/mol. The van der Waals surface area contributed by atoms with Crippen molar-refractivity contribution in [3.63, 3.8) is 0 Å². The molecule has 1 rings (SSSR count). The molecule has 0 radical (unpaired) electrons. The first-order chi connectivity index (χ1) is 21.0. The van der Waals surface area contributed by atoms with E-state index in [0.717, 1.165) is 49.9 Å². The molecule has 0 saturated carbocycles. The molecule has 0 aliphatic carbocycles. The van der Waals surface area contributed by atoms with Crippen molar-refractivity contribution >= 4 is 20.2 Å². The summed E-state index contributed by atoms with van der Waals surface area (Å²) in [7, 11) is -8.43. The summed E-state index contributed by atoms with van der Waals surface area (Å²) < 4.78 is 66.9. The zero-order valence-electron chi connectivity index (χ0n) is 29.9. The van der Waals surface area contributed by atoms with Gasteiger partial charge in [-0.15, -0.1) is 0 Å². The van der Waals surface area contributed by atoms with Gasteiger partial charge in [-0.25, -0.2) is 16.8 Å². The van der Waals surface area contributed by atoms with E-state index in [4.69, 9.17) is 0 Å². The predicted molar refractivity (Wildman–Crippen MR) is 181 cm³/mol. The summed E-state index contributed by atoms with van der Waals surface area (Å²) in [6, 6.07) is 8.43. The van der Waals surface area contributed by atoms with Crippen LogP contribution in [0.5, 0.6) is 0 Å². The van der Waals surface area contributed by atoms with Crippen molar-refractivity contribution in [2.45, 2.75) is 143 Å². The number of hydrogen-bond acceptors (Lipinski definition) is 8. The van der Waals surface area contributed by atoms with Gasteiger partial charge in [0.15, 0.2) is 0 Å². The summed E-state index contributed by atoms with van der Waals surface area (Å²) in [4.78, 5) is 4.52. The molecule has 0 amide bonds. The van der Waals surface area contributed by atoms with Gasteiger partial charge in [-0.3, -0.25) is 9.80 Å². The topological polar surface area (TPSA) is 121 Å². The molecule has 1 aromatic carbocycles. The van der Waals surface area contributed by atoms with E-state index in [9.17, 15) is 25.9 Å². The van der Waals surface area contributed by atoms with E-state index in [1.54, 1.807) is 0 Å². The van der Waals surface area contributed by atoms with Gasteiger partial charge in [0.05, 0.1) is 20.2 Å². The molecule has 0 spiro atoms. The van der Waals surface area contributed by atoms with Crippen LogP contribution in [0.1, 0.15) is 141 Å². The van der Waals surface area contributed by atoms with Crippen LogP contribution in [0.15, 0.2) is 24.3 Å². The Morgan fingerprint density at radius 1 is 0.457 bits per heavy atom. The minimum Gasteiger partial charge on any atom is -0.748 e. The van der Waals surface area contributed by atoms with Crippen LogP contribution in [0.4, 0.5) is 0 Å². The second kappa shape index (κ2) is 30.8. The van der Waals surface area contributed by atoms with E-state index in [-0.39, 0.29) is 70.6 Å². The second-order valence-electron chi connectivity index (χ2n) is 12.5. The molecular weight excluding hydrogens is 642 g/mol. The first-order valence-corrected chi connectivity index (χ1v) is 20.6. The standard InChI is InChI=1S/C34H64N2O6S2.2Na/c1-3-5-7-9-11-13-15-17-25-35(27-19-29-43(37,38)39)31-33-21-23-34(24-22-33)32-36(28-20-30-44(40,41)42)26-18-16-14-12-10-8-6-4-2;;/h21-24H,3-20,25-32H2,1-2H3,(H,37,38,39)(H,40,41,42);;/q;2*+1/p-2. The molecule has 0 unspecified atom stereocenters. The molecule has 0 atom stereocenters. The number of rotatable bonds is 30. The average Bonchev–Trinajstić information content (AvgIpc) is 2.95. The molecule has 46 heavy (non-hydrogen) atoms. The van der Waals surface area contributed by atoms with Crippen LogP contribution in [0.25, 0.3) is 0 Å². The fraction of sp³-hybridized carbons (Fsp3) is 0.824. The van der Waals surface area contributed by atoms with Crippen molar-refractivity contribution in [3.05, 3.63) is 35.4 Å². The van der Waals surface area contributed by atoms with Gasteiger partial charge < -0.3 is 9.11 Å². The Labute approximate surface area is 327 Å². The first kappa shape index (κ1) is 49.1. The van der Waals surface area contributed by atoms with E-state index in [1.807, 2.05) is 0 Å². The third-order valence-electron chi connectivity index (χ3n) is 8.23. The van der Waals surface area contributed by atoms with Crippen molar-refractivity contribution in [2.24, 2.45) is 0 Å². The van der Waals surface area contributed by atoms with Gasteiger partial charge in [0.1, 0.15) is 0 Å². The Hall–Kier alpha value is 0.960. The van der Waals surface area contributed by atoms with Crippen LogP contribution in [-0.4, -0.2) is 73.4 Å². The molecular formula is C34H62N2Na2O6S2. The summed E-state index contributed by atoms with van der Waals surface area (Å²) in [5.74, 6) is -0.662. The van der Waals surface area contributed by atoms with E-state index < -0.39 is 20.2 Å². The Kier molecular flexibility index (Phi) is 32.8. The van der Waals surface area contributed by atoms with Crippen LogP contribution in [0.3, 0.4) is 0 Å². The smallest absolute Gasteiger partial charge is 0.748 e. The van der Waals surface area contributed by atoms with Gasteiger partial charge >= 0.3 is 59.1 Å². The third kappa shape index (κ3) is 31.0. The van der Waals surface area contributed by atoms with Gasteiger partial charge in [-0.05, 0) is 63.0 Å². The van der Waals surface area contributed by atoms with Gasteiger partial charge in [-0.1, -0.05) is 128 Å². The molecule has 258 valence electrons. The van der Waals surface area contributed by atoms with E-state index >= 15 is 0 Å². The quantitative estimate of drug-likeness (QED) is 0.0671. The monoisotopic (exact) mass is 704 g/mol. The van der Waals surface area contributed by atoms with Crippen molar-refractivity contribution in [2.75, 3.05) is 37.7 Å². The van der Waals surface area contributed by atoms with Crippen LogP contribution in [-0.2, 0) is 33.3 Å². The minimum absolute atomic E-state index is 0. The molecule has 0 bridgehead atoms. The molecule has 0 aromatic heterocycles. The van der Waals surface area contributed by atoms with E-state index in [1.165, 1.54) is 77.0 Å². The summed E-state index contributed by atoms with van der Waals surface area (Å²) in [5.41, 5.74) is 2.29. The molecule has 0 N–H and O–H groups in total. The van der Waals surface area contributed by atoms with Crippen LogP contribution in [0, 0.1) is 0 Å². The van der Waals surface area contributed by atoms with Gasteiger partial charge in [-0.2, -0.15) is 0 Å². The number of hydrogen-bond donors (Lipinski definition) is 0. The largest absolute Gasteiger partial charge is 1.00 e. The fourth-order valence-electron chi connectivity index (χ4n) is 5.67. The Bertz CT molecular complexity index is 961. The molecule has 0 aliphatic rings. The summed E-state index contributed by atoms with van der Waals surface area (Å²) in [6.07, 6.45) is 20.4. The second-order valence-corrected chi connectivity index (χ2v) is 15.6. The fourth-order valence-corrected chi connectivity index (χ4v) is 6.64. The maximum absolute atomic E-state index is 11.1. The number of nitrogens with zero attached hydrogens (tertiary/aromatic N) is 2.